The SMILES string of the molecule is CNC(CN)C1CCSC1. The fourth-order valence-electron chi connectivity index (χ4n) is 1.42. The summed E-state index contributed by atoms with van der Waals surface area (Å²) in [5.41, 5.74) is 5.59. The Balaban J connectivity index is 2.29. The maximum atomic E-state index is 5.59. The zero-order valence-corrected chi connectivity index (χ0v) is 7.29. The predicted molar refractivity (Wildman–Crippen MR) is 47.3 cm³/mol. The van der Waals surface area contributed by atoms with Gasteiger partial charge < -0.3 is 11.1 Å². The Bertz CT molecular complexity index is 87.6. The quantitative estimate of drug-likeness (QED) is 0.623. The molecule has 0 aliphatic carbocycles. The molecule has 0 spiro atoms. The average Bonchev–Trinajstić information content (AvgIpc) is 2.43. The largest absolute Gasteiger partial charge is 0.329 e. The van der Waals surface area contributed by atoms with Gasteiger partial charge in [0.2, 0.25) is 0 Å². The molecule has 2 nitrogen and oxygen atoms in total. The first-order chi connectivity index (χ1) is 4.88. The molecule has 0 aromatic carbocycles. The second kappa shape index (κ2) is 4.21. The van der Waals surface area contributed by atoms with Gasteiger partial charge in [0.05, 0.1) is 0 Å². The van der Waals surface area contributed by atoms with E-state index in [-0.39, 0.29) is 0 Å². The molecule has 1 aliphatic rings. The molecule has 1 aliphatic heterocycles. The normalized spacial score (nSPS) is 28.8. The van der Waals surface area contributed by atoms with Gasteiger partial charge in [-0.15, -0.1) is 0 Å². The van der Waals surface area contributed by atoms with Gasteiger partial charge in [0.1, 0.15) is 0 Å². The van der Waals surface area contributed by atoms with E-state index in [0.29, 0.717) is 6.04 Å². The molecule has 0 radical (unpaired) electrons. The van der Waals surface area contributed by atoms with Crippen molar-refractivity contribution >= 4 is 11.8 Å². The van der Waals surface area contributed by atoms with E-state index in [0.717, 1.165) is 12.5 Å². The van der Waals surface area contributed by atoms with Crippen LogP contribution < -0.4 is 11.1 Å². The molecule has 60 valence electrons. The van der Waals surface area contributed by atoms with Crippen LogP contribution in [0.5, 0.6) is 0 Å². The molecule has 0 saturated carbocycles. The van der Waals surface area contributed by atoms with Crippen molar-refractivity contribution in [3.05, 3.63) is 0 Å². The standard InChI is InChI=1S/C7H16N2S/c1-9-7(4-8)6-2-3-10-5-6/h6-7,9H,2-5,8H2,1H3. The third kappa shape index (κ3) is 1.87. The summed E-state index contributed by atoms with van der Waals surface area (Å²) in [6.07, 6.45) is 1.34. The number of thioether (sulfide) groups is 1. The highest BCUT2D eigenvalue weighted by molar-refractivity contribution is 7.99. The highest BCUT2D eigenvalue weighted by Gasteiger charge is 2.22. The fourth-order valence-corrected chi connectivity index (χ4v) is 2.75. The van der Waals surface area contributed by atoms with E-state index in [9.17, 15) is 0 Å². The molecule has 3 heteroatoms. The molecule has 1 saturated heterocycles. The van der Waals surface area contributed by atoms with Gasteiger partial charge in [0.15, 0.2) is 0 Å². The molecular formula is C7H16N2S. The zero-order valence-electron chi connectivity index (χ0n) is 6.47. The van der Waals surface area contributed by atoms with Gasteiger partial charge in [-0.1, -0.05) is 0 Å². The van der Waals surface area contributed by atoms with Crippen LogP contribution in [0.25, 0.3) is 0 Å². The Morgan fingerprint density at radius 3 is 3.00 bits per heavy atom. The van der Waals surface area contributed by atoms with Gasteiger partial charge in [0.25, 0.3) is 0 Å². The summed E-state index contributed by atoms with van der Waals surface area (Å²) in [5, 5.41) is 3.26. The van der Waals surface area contributed by atoms with E-state index >= 15 is 0 Å². The van der Waals surface area contributed by atoms with Crippen LogP contribution in [0.1, 0.15) is 6.42 Å². The van der Waals surface area contributed by atoms with Crippen molar-refractivity contribution in [2.75, 3.05) is 25.1 Å². The van der Waals surface area contributed by atoms with Crippen molar-refractivity contribution in [1.29, 1.82) is 0 Å². The Morgan fingerprint density at radius 2 is 2.60 bits per heavy atom. The molecular weight excluding hydrogens is 144 g/mol. The number of rotatable bonds is 3. The van der Waals surface area contributed by atoms with Crippen LogP contribution in [0, 0.1) is 5.92 Å². The summed E-state index contributed by atoms with van der Waals surface area (Å²) in [4.78, 5) is 0. The Morgan fingerprint density at radius 1 is 1.80 bits per heavy atom. The lowest BCUT2D eigenvalue weighted by molar-refractivity contribution is 0.414. The van der Waals surface area contributed by atoms with Gasteiger partial charge >= 0.3 is 0 Å². The van der Waals surface area contributed by atoms with Crippen LogP contribution >= 0.6 is 11.8 Å². The molecule has 2 unspecified atom stereocenters. The number of hydrogen-bond donors (Lipinski definition) is 2. The van der Waals surface area contributed by atoms with E-state index in [1.165, 1.54) is 17.9 Å². The van der Waals surface area contributed by atoms with Gasteiger partial charge in [0, 0.05) is 12.6 Å². The molecule has 10 heavy (non-hydrogen) atoms. The molecule has 0 bridgehead atoms. The maximum absolute atomic E-state index is 5.59. The molecule has 0 amide bonds. The summed E-state index contributed by atoms with van der Waals surface area (Å²) in [6, 6.07) is 0.551. The van der Waals surface area contributed by atoms with E-state index < -0.39 is 0 Å². The third-order valence-corrected chi connectivity index (χ3v) is 3.35. The topological polar surface area (TPSA) is 38.0 Å². The summed E-state index contributed by atoms with van der Waals surface area (Å²) in [6.45, 7) is 0.779. The average molecular weight is 160 g/mol. The number of likely N-dealkylation sites (N-methyl/N-ethyl adjacent to an activating group) is 1. The molecule has 2 atom stereocenters. The maximum Gasteiger partial charge on any atom is 0.0223 e. The van der Waals surface area contributed by atoms with Gasteiger partial charge in [-0.2, -0.15) is 11.8 Å². The first-order valence-electron chi connectivity index (χ1n) is 3.83. The number of nitrogens with one attached hydrogen (secondary N) is 1. The summed E-state index contributed by atoms with van der Waals surface area (Å²) in [7, 11) is 2.00. The van der Waals surface area contributed by atoms with E-state index in [1.54, 1.807) is 0 Å². The molecule has 0 aromatic rings. The fraction of sp³-hybridized carbons (Fsp3) is 1.00. The van der Waals surface area contributed by atoms with Crippen molar-refractivity contribution in [1.82, 2.24) is 5.32 Å². The Hall–Kier alpha value is 0.270. The van der Waals surface area contributed by atoms with Crippen molar-refractivity contribution in [3.63, 3.8) is 0 Å². The Labute approximate surface area is 66.9 Å². The smallest absolute Gasteiger partial charge is 0.0223 e. The zero-order chi connectivity index (χ0) is 7.40. The van der Waals surface area contributed by atoms with Gasteiger partial charge in [-0.05, 0) is 30.9 Å². The van der Waals surface area contributed by atoms with Gasteiger partial charge in [-0.25, -0.2) is 0 Å². The summed E-state index contributed by atoms with van der Waals surface area (Å²) in [5.74, 6) is 3.44. The summed E-state index contributed by atoms with van der Waals surface area (Å²) < 4.78 is 0. The van der Waals surface area contributed by atoms with Crippen molar-refractivity contribution in [3.8, 4) is 0 Å². The minimum absolute atomic E-state index is 0.551. The number of hydrogen-bond acceptors (Lipinski definition) is 3. The molecule has 3 N–H and O–H groups in total. The molecule has 1 rings (SSSR count). The van der Waals surface area contributed by atoms with Crippen LogP contribution in [0.4, 0.5) is 0 Å². The van der Waals surface area contributed by atoms with Crippen LogP contribution in [0.3, 0.4) is 0 Å². The lowest BCUT2D eigenvalue weighted by atomic mass is 10.00. The number of nitrogens with two attached hydrogens (primary N) is 1. The van der Waals surface area contributed by atoms with Gasteiger partial charge in [-0.3, -0.25) is 0 Å². The predicted octanol–water partition coefficient (Wildman–Crippen LogP) is 0.286. The second-order valence-corrected chi connectivity index (χ2v) is 3.90. The minimum atomic E-state index is 0.551. The molecule has 1 heterocycles. The molecule has 1 fully saturated rings. The van der Waals surface area contributed by atoms with E-state index in [1.807, 2.05) is 18.8 Å². The summed E-state index contributed by atoms with van der Waals surface area (Å²) >= 11 is 2.05. The first-order valence-corrected chi connectivity index (χ1v) is 4.99. The minimum Gasteiger partial charge on any atom is -0.329 e. The third-order valence-electron chi connectivity index (χ3n) is 2.16. The van der Waals surface area contributed by atoms with Crippen LogP contribution in [0.2, 0.25) is 0 Å². The van der Waals surface area contributed by atoms with E-state index in [4.69, 9.17) is 5.73 Å². The van der Waals surface area contributed by atoms with Crippen molar-refractivity contribution < 1.29 is 0 Å². The van der Waals surface area contributed by atoms with E-state index in [2.05, 4.69) is 5.32 Å². The highest BCUT2D eigenvalue weighted by Crippen LogP contribution is 2.25. The lowest BCUT2D eigenvalue weighted by Gasteiger charge is -2.19. The monoisotopic (exact) mass is 160 g/mol. The van der Waals surface area contributed by atoms with Crippen LogP contribution in [-0.2, 0) is 0 Å². The lowest BCUT2D eigenvalue weighted by Crippen LogP contribution is -2.40. The van der Waals surface area contributed by atoms with Crippen molar-refractivity contribution in [2.24, 2.45) is 11.7 Å². The highest BCUT2D eigenvalue weighted by atomic mass is 32.2. The van der Waals surface area contributed by atoms with Crippen LogP contribution in [0.15, 0.2) is 0 Å². The van der Waals surface area contributed by atoms with Crippen molar-refractivity contribution in [2.45, 2.75) is 12.5 Å². The first kappa shape index (κ1) is 8.37. The Kier molecular flexibility index (Phi) is 3.52. The molecule has 0 aromatic heterocycles. The van der Waals surface area contributed by atoms with Crippen LogP contribution in [-0.4, -0.2) is 31.1 Å². The second-order valence-electron chi connectivity index (χ2n) is 2.75.